The number of fused-ring (bicyclic) bond motifs is 1. The molecule has 1 radical (unpaired) electrons. The average Bonchev–Trinajstić information content (AvgIpc) is 2.90. The van der Waals surface area contributed by atoms with E-state index in [1.54, 1.807) is 0 Å². The molecular weight excluding hydrogens is 337 g/mol. The van der Waals surface area contributed by atoms with Gasteiger partial charge in [-0.1, -0.05) is 30.7 Å². The third-order valence-electron chi connectivity index (χ3n) is 3.92. The molecule has 125 valence electrons. The van der Waals surface area contributed by atoms with E-state index in [0.29, 0.717) is 24.2 Å². The van der Waals surface area contributed by atoms with Crippen LogP contribution in [0.2, 0.25) is 5.02 Å². The molecule has 6 heteroatoms. The summed E-state index contributed by atoms with van der Waals surface area (Å²) < 4.78 is 41.0. The Morgan fingerprint density at radius 1 is 1.17 bits per heavy atom. The topological polar surface area (TPSA) is 17.8 Å². The normalized spacial score (nSPS) is 12.1. The first-order chi connectivity index (χ1) is 11.3. The number of aromatic nitrogens is 2. The summed E-state index contributed by atoms with van der Waals surface area (Å²) in [5.74, 6) is 0.683. The fraction of sp³-hybridized carbons (Fsp3) is 0.222. The van der Waals surface area contributed by atoms with Crippen LogP contribution in [-0.2, 0) is 19.0 Å². The van der Waals surface area contributed by atoms with Crippen LogP contribution < -0.4 is 0 Å². The van der Waals surface area contributed by atoms with Gasteiger partial charge in [-0.3, -0.25) is 4.57 Å². The van der Waals surface area contributed by atoms with Crippen LogP contribution in [0.4, 0.5) is 13.2 Å². The molecule has 0 N–H and O–H groups in total. The second kappa shape index (κ2) is 6.13. The van der Waals surface area contributed by atoms with Crippen LogP contribution in [-0.4, -0.2) is 9.55 Å². The summed E-state index contributed by atoms with van der Waals surface area (Å²) in [6, 6.07) is 10.1. The average molecular weight is 352 g/mol. The van der Waals surface area contributed by atoms with Gasteiger partial charge in [-0.2, -0.15) is 13.2 Å². The summed E-state index contributed by atoms with van der Waals surface area (Å²) >= 11 is 5.88. The second-order valence-electron chi connectivity index (χ2n) is 5.45. The van der Waals surface area contributed by atoms with E-state index in [9.17, 15) is 13.2 Å². The molecule has 1 aromatic heterocycles. The number of hydrogen-bond donors (Lipinski definition) is 0. The number of aryl methyl sites for hydroxylation is 1. The lowest BCUT2D eigenvalue weighted by molar-refractivity contribution is -0.137. The van der Waals surface area contributed by atoms with Crippen molar-refractivity contribution in [3.05, 3.63) is 65.3 Å². The van der Waals surface area contributed by atoms with Crippen molar-refractivity contribution in [3.63, 3.8) is 0 Å². The molecule has 0 aliphatic heterocycles. The maximum absolute atomic E-state index is 13.0. The summed E-state index contributed by atoms with van der Waals surface area (Å²) in [5.41, 5.74) is 1.90. The maximum atomic E-state index is 13.0. The van der Waals surface area contributed by atoms with Gasteiger partial charge in [-0.05, 0) is 43.2 Å². The van der Waals surface area contributed by atoms with Crippen LogP contribution >= 0.6 is 11.6 Å². The van der Waals surface area contributed by atoms with Crippen molar-refractivity contribution in [2.45, 2.75) is 25.9 Å². The first kappa shape index (κ1) is 16.8. The van der Waals surface area contributed by atoms with E-state index in [2.05, 4.69) is 11.9 Å². The van der Waals surface area contributed by atoms with E-state index in [-0.39, 0.29) is 10.5 Å². The molecule has 0 aliphatic rings. The fourth-order valence-corrected chi connectivity index (χ4v) is 2.97. The van der Waals surface area contributed by atoms with Crippen molar-refractivity contribution < 1.29 is 13.2 Å². The van der Waals surface area contributed by atoms with E-state index < -0.39 is 11.7 Å². The molecule has 0 bridgehead atoms. The SMILES string of the molecule is [CH2]Cc1ccc(-n2c(CC)nc3cc(C(F)(F)F)c(Cl)cc32)cc1. The van der Waals surface area contributed by atoms with Crippen molar-refractivity contribution in [3.8, 4) is 5.69 Å². The Kier molecular flexibility index (Phi) is 4.30. The molecule has 24 heavy (non-hydrogen) atoms. The molecule has 0 unspecified atom stereocenters. The van der Waals surface area contributed by atoms with Gasteiger partial charge >= 0.3 is 6.18 Å². The molecule has 3 aromatic rings. The van der Waals surface area contributed by atoms with E-state index >= 15 is 0 Å². The molecule has 2 aromatic carbocycles. The molecule has 2 nitrogen and oxygen atoms in total. The molecule has 3 rings (SSSR count). The lowest BCUT2D eigenvalue weighted by Gasteiger charge is -2.11. The molecular formula is C18H15ClF3N2. The van der Waals surface area contributed by atoms with Gasteiger partial charge in [0, 0.05) is 12.1 Å². The highest BCUT2D eigenvalue weighted by atomic mass is 35.5. The monoisotopic (exact) mass is 351 g/mol. The lowest BCUT2D eigenvalue weighted by Crippen LogP contribution is -2.06. The molecule has 0 fully saturated rings. The third kappa shape index (κ3) is 2.88. The Hall–Kier alpha value is -2.01. The Morgan fingerprint density at radius 3 is 2.38 bits per heavy atom. The maximum Gasteiger partial charge on any atom is 0.417 e. The van der Waals surface area contributed by atoms with E-state index in [1.165, 1.54) is 6.07 Å². The number of halogens is 4. The molecule has 0 spiro atoms. The number of nitrogens with zero attached hydrogens (tertiary/aromatic N) is 2. The molecule has 0 aliphatic carbocycles. The van der Waals surface area contributed by atoms with Crippen LogP contribution in [0.15, 0.2) is 36.4 Å². The van der Waals surface area contributed by atoms with Crippen molar-refractivity contribution in [1.29, 1.82) is 0 Å². The summed E-state index contributed by atoms with van der Waals surface area (Å²) in [4.78, 5) is 4.36. The van der Waals surface area contributed by atoms with E-state index in [0.717, 1.165) is 17.3 Å². The van der Waals surface area contributed by atoms with Crippen molar-refractivity contribution >= 4 is 22.6 Å². The number of hydrogen-bond acceptors (Lipinski definition) is 1. The minimum atomic E-state index is -4.50. The molecule has 0 atom stereocenters. The lowest BCUT2D eigenvalue weighted by atomic mass is 10.1. The van der Waals surface area contributed by atoms with Crippen LogP contribution in [0.5, 0.6) is 0 Å². The Labute approximate surface area is 142 Å². The van der Waals surface area contributed by atoms with Gasteiger partial charge in [0.2, 0.25) is 0 Å². The van der Waals surface area contributed by atoms with Gasteiger partial charge < -0.3 is 0 Å². The zero-order chi connectivity index (χ0) is 17.5. The smallest absolute Gasteiger partial charge is 0.296 e. The number of benzene rings is 2. The Balaban J connectivity index is 2.25. The van der Waals surface area contributed by atoms with Crippen LogP contribution in [0, 0.1) is 6.92 Å². The zero-order valence-corrected chi connectivity index (χ0v) is 13.7. The van der Waals surface area contributed by atoms with Gasteiger partial charge in [-0.25, -0.2) is 4.98 Å². The third-order valence-corrected chi connectivity index (χ3v) is 4.23. The van der Waals surface area contributed by atoms with Crippen LogP contribution in [0.25, 0.3) is 16.7 Å². The number of rotatable bonds is 3. The number of imidazole rings is 1. The number of alkyl halides is 3. The largest absolute Gasteiger partial charge is 0.417 e. The highest BCUT2D eigenvalue weighted by Crippen LogP contribution is 2.37. The Morgan fingerprint density at radius 2 is 1.83 bits per heavy atom. The summed E-state index contributed by atoms with van der Waals surface area (Å²) in [6.45, 7) is 5.74. The second-order valence-corrected chi connectivity index (χ2v) is 5.86. The quantitative estimate of drug-likeness (QED) is 0.597. The van der Waals surface area contributed by atoms with Crippen molar-refractivity contribution in [1.82, 2.24) is 9.55 Å². The minimum absolute atomic E-state index is 0.282. The molecule has 0 saturated carbocycles. The van der Waals surface area contributed by atoms with Crippen molar-refractivity contribution in [2.24, 2.45) is 0 Å². The highest BCUT2D eigenvalue weighted by Gasteiger charge is 2.34. The van der Waals surface area contributed by atoms with E-state index in [4.69, 9.17) is 11.6 Å². The van der Waals surface area contributed by atoms with Gasteiger partial charge in [0.1, 0.15) is 5.82 Å². The minimum Gasteiger partial charge on any atom is -0.296 e. The summed E-state index contributed by atoms with van der Waals surface area (Å²) in [7, 11) is 0. The van der Waals surface area contributed by atoms with Crippen LogP contribution in [0.3, 0.4) is 0 Å². The Bertz CT molecular complexity index is 880. The molecule has 1 heterocycles. The standard InChI is InChI=1S/C18H15ClF3N2/c1-3-11-5-7-12(8-6-11)24-16-10-14(19)13(18(20,21)22)9-15(16)23-17(24)4-2/h5-10H,1,3-4H2,2H3. The van der Waals surface area contributed by atoms with E-state index in [1.807, 2.05) is 35.8 Å². The highest BCUT2D eigenvalue weighted by molar-refractivity contribution is 6.32. The zero-order valence-electron chi connectivity index (χ0n) is 13.0. The van der Waals surface area contributed by atoms with Gasteiger partial charge in [0.05, 0.1) is 21.6 Å². The van der Waals surface area contributed by atoms with Gasteiger partial charge in [0.15, 0.2) is 0 Å². The molecule has 0 amide bonds. The first-order valence-electron chi connectivity index (χ1n) is 7.51. The summed E-state index contributed by atoms with van der Waals surface area (Å²) in [5, 5.41) is -0.326. The fourth-order valence-electron chi connectivity index (χ4n) is 2.70. The predicted molar refractivity (Wildman–Crippen MR) is 89.5 cm³/mol. The van der Waals surface area contributed by atoms with Gasteiger partial charge in [-0.15, -0.1) is 0 Å². The van der Waals surface area contributed by atoms with Gasteiger partial charge in [0.25, 0.3) is 0 Å². The van der Waals surface area contributed by atoms with Crippen LogP contribution in [0.1, 0.15) is 23.9 Å². The molecule has 0 saturated heterocycles. The summed E-state index contributed by atoms with van der Waals surface area (Å²) in [6.07, 6.45) is -3.24. The predicted octanol–water partition coefficient (Wildman–Crippen LogP) is 5.64. The first-order valence-corrected chi connectivity index (χ1v) is 7.89. The van der Waals surface area contributed by atoms with Crippen molar-refractivity contribution in [2.75, 3.05) is 0 Å².